The highest BCUT2D eigenvalue weighted by molar-refractivity contribution is 6.02. The normalized spacial score (nSPS) is 15.1. The third kappa shape index (κ3) is 5.97. The van der Waals surface area contributed by atoms with Gasteiger partial charge in [-0.15, -0.1) is 0 Å². The standard InChI is InChI=1S/C35H33F2N3O6/c1-40-11-10-20-13-21(16-41)27(18-43)32-31(20)29(40)15-26-28(39-35(45)38-25-8-6-24(37)7-9-25)14-22(17-42)34(33(26)32)46-30(44)12-19-2-4-23(36)5-3-19/h2-9,13-14,29,41-43H,10-12,15-18H2,1H3,(H2,38,39,45). The maximum absolute atomic E-state index is 13.5. The van der Waals surface area contributed by atoms with E-state index in [1.165, 1.54) is 48.5 Å². The van der Waals surface area contributed by atoms with E-state index in [0.717, 1.165) is 17.7 Å². The van der Waals surface area contributed by atoms with Gasteiger partial charge in [0.2, 0.25) is 0 Å². The minimum Gasteiger partial charge on any atom is -0.425 e. The van der Waals surface area contributed by atoms with Crippen molar-refractivity contribution in [2.45, 2.75) is 45.1 Å². The molecule has 238 valence electrons. The fraction of sp³-hybridized carbons (Fsp3) is 0.257. The number of anilines is 2. The van der Waals surface area contributed by atoms with Gasteiger partial charge in [-0.2, -0.15) is 0 Å². The lowest BCUT2D eigenvalue weighted by atomic mass is 9.73. The number of halogens is 2. The van der Waals surface area contributed by atoms with Gasteiger partial charge in [0, 0.05) is 35.1 Å². The number of hydrogen-bond acceptors (Lipinski definition) is 7. The molecule has 11 heteroatoms. The number of amides is 2. The first-order valence-corrected chi connectivity index (χ1v) is 14.9. The second kappa shape index (κ2) is 13.0. The molecular weight excluding hydrogens is 596 g/mol. The summed E-state index contributed by atoms with van der Waals surface area (Å²) in [4.78, 5) is 28.7. The molecule has 2 aliphatic rings. The molecule has 4 aromatic carbocycles. The molecule has 4 aromatic rings. The van der Waals surface area contributed by atoms with Gasteiger partial charge in [-0.3, -0.25) is 9.69 Å². The van der Waals surface area contributed by atoms with Crippen molar-refractivity contribution in [3.8, 4) is 16.9 Å². The Morgan fingerprint density at radius 2 is 1.57 bits per heavy atom. The zero-order valence-electron chi connectivity index (χ0n) is 25.1. The quantitative estimate of drug-likeness (QED) is 0.137. The van der Waals surface area contributed by atoms with Gasteiger partial charge < -0.3 is 30.7 Å². The number of fused-ring (bicyclic) bond motifs is 2. The predicted octanol–water partition coefficient (Wildman–Crippen LogP) is 4.99. The molecule has 9 nitrogen and oxygen atoms in total. The molecule has 1 heterocycles. The Morgan fingerprint density at radius 3 is 2.22 bits per heavy atom. The molecule has 0 bridgehead atoms. The van der Waals surface area contributed by atoms with E-state index in [1.54, 1.807) is 6.07 Å². The Kier molecular flexibility index (Phi) is 8.83. The van der Waals surface area contributed by atoms with Crippen LogP contribution in [0.1, 0.15) is 45.0 Å². The Balaban J connectivity index is 1.52. The molecule has 1 atom stereocenters. The number of likely N-dealkylation sites (N-methyl/N-ethyl adjacent to an activating group) is 1. The minimum atomic E-state index is -0.657. The highest BCUT2D eigenvalue weighted by atomic mass is 19.1. The minimum absolute atomic E-state index is 0.0766. The topological polar surface area (TPSA) is 131 Å². The van der Waals surface area contributed by atoms with E-state index >= 15 is 0 Å². The Bertz CT molecular complexity index is 1810. The summed E-state index contributed by atoms with van der Waals surface area (Å²) in [6, 6.07) is 13.4. The van der Waals surface area contributed by atoms with E-state index in [2.05, 4.69) is 15.5 Å². The van der Waals surface area contributed by atoms with E-state index in [9.17, 15) is 33.7 Å². The van der Waals surface area contributed by atoms with Crippen molar-refractivity contribution in [1.82, 2.24) is 4.90 Å². The van der Waals surface area contributed by atoms with Gasteiger partial charge in [-0.25, -0.2) is 13.6 Å². The molecule has 1 aliphatic heterocycles. The van der Waals surface area contributed by atoms with Crippen LogP contribution in [0.5, 0.6) is 5.75 Å². The molecule has 0 saturated carbocycles. The van der Waals surface area contributed by atoms with Crippen LogP contribution in [0.4, 0.5) is 25.0 Å². The number of carbonyl (C=O) groups excluding carboxylic acids is 2. The molecule has 5 N–H and O–H groups in total. The molecule has 0 fully saturated rings. The summed E-state index contributed by atoms with van der Waals surface area (Å²) in [5.74, 6) is -1.47. The van der Waals surface area contributed by atoms with Crippen LogP contribution in [0.2, 0.25) is 0 Å². The summed E-state index contributed by atoms with van der Waals surface area (Å²) in [5, 5.41) is 37.1. The lowest BCUT2D eigenvalue weighted by Gasteiger charge is -2.42. The summed E-state index contributed by atoms with van der Waals surface area (Å²) in [6.45, 7) is -0.580. The number of nitrogens with one attached hydrogen (secondary N) is 2. The van der Waals surface area contributed by atoms with E-state index in [0.29, 0.717) is 57.6 Å². The fourth-order valence-electron chi connectivity index (χ4n) is 6.50. The molecule has 0 radical (unpaired) electrons. The predicted molar refractivity (Wildman–Crippen MR) is 167 cm³/mol. The number of benzene rings is 4. The highest BCUT2D eigenvalue weighted by Crippen LogP contribution is 2.53. The SMILES string of the molecule is CN1CCc2cc(CO)c(CO)c3c2C1Cc1c(NC(=O)Nc2ccc(F)cc2)cc(CO)c(OC(=O)Cc2ccc(F)cc2)c1-3. The van der Waals surface area contributed by atoms with Crippen molar-refractivity contribution in [2.24, 2.45) is 0 Å². The molecule has 0 aromatic heterocycles. The first-order valence-electron chi connectivity index (χ1n) is 14.9. The average molecular weight is 630 g/mol. The lowest BCUT2D eigenvalue weighted by Crippen LogP contribution is -2.37. The Hall–Kier alpha value is -4.68. The van der Waals surface area contributed by atoms with Crippen LogP contribution in [0, 0.1) is 11.6 Å². The van der Waals surface area contributed by atoms with Crippen LogP contribution in [0.3, 0.4) is 0 Å². The number of hydrogen-bond donors (Lipinski definition) is 5. The van der Waals surface area contributed by atoms with Gasteiger partial charge in [0.1, 0.15) is 17.4 Å². The van der Waals surface area contributed by atoms with Crippen molar-refractivity contribution in [3.05, 3.63) is 111 Å². The number of carbonyl (C=O) groups is 2. The zero-order valence-corrected chi connectivity index (χ0v) is 25.1. The van der Waals surface area contributed by atoms with Crippen LogP contribution >= 0.6 is 0 Å². The molecule has 0 saturated heterocycles. The third-order valence-corrected chi connectivity index (χ3v) is 8.69. The molecule has 1 unspecified atom stereocenters. The average Bonchev–Trinajstić information content (AvgIpc) is 3.05. The van der Waals surface area contributed by atoms with Crippen molar-refractivity contribution in [2.75, 3.05) is 24.2 Å². The number of rotatable bonds is 8. The van der Waals surface area contributed by atoms with Gasteiger partial charge >= 0.3 is 12.0 Å². The van der Waals surface area contributed by atoms with Gasteiger partial charge in [-0.05, 0) is 101 Å². The smallest absolute Gasteiger partial charge is 0.323 e. The molecule has 1 aliphatic carbocycles. The number of ether oxygens (including phenoxy) is 1. The highest BCUT2D eigenvalue weighted by Gasteiger charge is 2.39. The van der Waals surface area contributed by atoms with Crippen molar-refractivity contribution < 1.29 is 38.4 Å². The molecule has 0 spiro atoms. The number of aliphatic hydroxyl groups excluding tert-OH is 3. The van der Waals surface area contributed by atoms with Crippen LogP contribution in [-0.2, 0) is 43.9 Å². The van der Waals surface area contributed by atoms with Gasteiger partial charge in [0.05, 0.1) is 26.2 Å². The van der Waals surface area contributed by atoms with Crippen LogP contribution in [0.15, 0.2) is 60.7 Å². The monoisotopic (exact) mass is 629 g/mol. The van der Waals surface area contributed by atoms with Crippen molar-refractivity contribution in [1.29, 1.82) is 0 Å². The summed E-state index contributed by atoms with van der Waals surface area (Å²) >= 11 is 0. The number of esters is 1. The van der Waals surface area contributed by atoms with Crippen LogP contribution < -0.4 is 15.4 Å². The Labute approximate surface area is 264 Å². The molecule has 2 amide bonds. The summed E-state index contributed by atoms with van der Waals surface area (Å²) in [6.07, 6.45) is 0.913. The van der Waals surface area contributed by atoms with Crippen molar-refractivity contribution >= 4 is 23.4 Å². The van der Waals surface area contributed by atoms with Gasteiger partial charge in [-0.1, -0.05) is 18.2 Å². The summed E-state index contributed by atoms with van der Waals surface area (Å²) < 4.78 is 32.9. The van der Waals surface area contributed by atoms with Crippen LogP contribution in [0.25, 0.3) is 11.1 Å². The van der Waals surface area contributed by atoms with E-state index < -0.39 is 36.8 Å². The van der Waals surface area contributed by atoms with E-state index in [4.69, 9.17) is 4.74 Å². The number of urea groups is 1. The van der Waals surface area contributed by atoms with E-state index in [1.807, 2.05) is 13.1 Å². The third-order valence-electron chi connectivity index (χ3n) is 8.69. The molecule has 46 heavy (non-hydrogen) atoms. The Morgan fingerprint density at radius 1 is 0.891 bits per heavy atom. The van der Waals surface area contributed by atoms with E-state index in [-0.39, 0.29) is 30.4 Å². The first kappa shape index (κ1) is 31.3. The number of nitrogens with zero attached hydrogens (tertiary/aromatic N) is 1. The second-order valence-electron chi connectivity index (χ2n) is 11.5. The summed E-state index contributed by atoms with van der Waals surface area (Å²) in [5.41, 5.74) is 5.96. The fourth-order valence-corrected chi connectivity index (χ4v) is 6.50. The second-order valence-corrected chi connectivity index (χ2v) is 11.5. The van der Waals surface area contributed by atoms with Gasteiger partial charge in [0.15, 0.2) is 0 Å². The zero-order chi connectivity index (χ0) is 32.5. The number of aliphatic hydroxyl groups is 3. The largest absolute Gasteiger partial charge is 0.425 e. The lowest BCUT2D eigenvalue weighted by molar-refractivity contribution is -0.133. The van der Waals surface area contributed by atoms with Gasteiger partial charge in [0.25, 0.3) is 0 Å². The molecule has 6 rings (SSSR count). The maximum atomic E-state index is 13.5. The van der Waals surface area contributed by atoms with Crippen LogP contribution in [-0.4, -0.2) is 45.8 Å². The molecular formula is C35H33F2N3O6. The maximum Gasteiger partial charge on any atom is 0.323 e. The first-order chi connectivity index (χ1) is 22.2. The van der Waals surface area contributed by atoms with Crippen molar-refractivity contribution in [3.63, 3.8) is 0 Å². The summed E-state index contributed by atoms with van der Waals surface area (Å²) in [7, 11) is 1.99.